The monoisotopic (exact) mass is 257 g/mol. The van der Waals surface area contributed by atoms with Crippen LogP contribution in [0, 0.1) is 0 Å². The van der Waals surface area contributed by atoms with E-state index in [1.54, 1.807) is 4.90 Å². The minimum absolute atomic E-state index is 0.0103. The number of carboxylic acid groups (broad SMARTS) is 1. The van der Waals surface area contributed by atoms with Crippen molar-refractivity contribution in [2.24, 2.45) is 0 Å². The normalized spacial score (nSPS) is 24.8. The topological polar surface area (TPSA) is 66.8 Å². The van der Waals surface area contributed by atoms with Gasteiger partial charge in [-0.2, -0.15) is 0 Å². The van der Waals surface area contributed by atoms with Crippen LogP contribution in [0.2, 0.25) is 0 Å². The summed E-state index contributed by atoms with van der Waals surface area (Å²) in [7, 11) is 0. The SMILES string of the molecule is C[C@@H]1CCC[C@H](CC(=O)O)N1C(=O)OC(C)(C)C. The van der Waals surface area contributed by atoms with Gasteiger partial charge in [0.2, 0.25) is 0 Å². The fraction of sp³-hybridized carbons (Fsp3) is 0.846. The van der Waals surface area contributed by atoms with Gasteiger partial charge in [0, 0.05) is 12.1 Å². The zero-order valence-corrected chi connectivity index (χ0v) is 11.6. The first-order valence-electron chi connectivity index (χ1n) is 6.44. The predicted molar refractivity (Wildman–Crippen MR) is 67.4 cm³/mol. The summed E-state index contributed by atoms with van der Waals surface area (Å²) in [5.74, 6) is -0.873. The third-order valence-corrected chi connectivity index (χ3v) is 3.04. The van der Waals surface area contributed by atoms with E-state index in [0.29, 0.717) is 0 Å². The lowest BCUT2D eigenvalue weighted by atomic mass is 9.95. The quantitative estimate of drug-likeness (QED) is 0.825. The lowest BCUT2D eigenvalue weighted by Crippen LogP contribution is -2.51. The molecule has 104 valence electrons. The highest BCUT2D eigenvalue weighted by Gasteiger charge is 2.35. The second-order valence-corrected chi connectivity index (χ2v) is 5.92. The molecule has 1 rings (SSSR count). The number of carbonyl (C=O) groups excluding carboxylic acids is 1. The number of piperidine rings is 1. The molecule has 1 amide bonds. The second kappa shape index (κ2) is 5.59. The molecule has 0 aromatic heterocycles. The molecule has 0 spiro atoms. The number of rotatable bonds is 2. The van der Waals surface area contributed by atoms with Gasteiger partial charge in [-0.1, -0.05) is 0 Å². The Morgan fingerprint density at radius 2 is 1.94 bits per heavy atom. The van der Waals surface area contributed by atoms with Crippen LogP contribution in [0.4, 0.5) is 4.79 Å². The van der Waals surface area contributed by atoms with Crippen molar-refractivity contribution in [2.45, 2.75) is 71.1 Å². The van der Waals surface area contributed by atoms with Gasteiger partial charge in [0.05, 0.1) is 6.42 Å². The smallest absolute Gasteiger partial charge is 0.410 e. The van der Waals surface area contributed by atoms with Crippen molar-refractivity contribution in [2.75, 3.05) is 0 Å². The van der Waals surface area contributed by atoms with Crippen molar-refractivity contribution in [1.82, 2.24) is 4.90 Å². The largest absolute Gasteiger partial charge is 0.481 e. The van der Waals surface area contributed by atoms with Gasteiger partial charge in [-0.25, -0.2) is 4.79 Å². The van der Waals surface area contributed by atoms with Crippen molar-refractivity contribution < 1.29 is 19.4 Å². The third kappa shape index (κ3) is 4.20. The molecule has 0 aromatic rings. The van der Waals surface area contributed by atoms with Crippen molar-refractivity contribution >= 4 is 12.1 Å². The van der Waals surface area contributed by atoms with Gasteiger partial charge in [-0.3, -0.25) is 4.79 Å². The lowest BCUT2D eigenvalue weighted by Gasteiger charge is -2.40. The van der Waals surface area contributed by atoms with E-state index < -0.39 is 17.7 Å². The lowest BCUT2D eigenvalue weighted by molar-refractivity contribution is -0.138. The zero-order valence-electron chi connectivity index (χ0n) is 11.6. The third-order valence-electron chi connectivity index (χ3n) is 3.04. The first kappa shape index (κ1) is 14.8. The maximum Gasteiger partial charge on any atom is 0.410 e. The molecule has 1 saturated heterocycles. The highest BCUT2D eigenvalue weighted by Crippen LogP contribution is 2.27. The molecule has 2 atom stereocenters. The molecule has 1 fully saturated rings. The minimum Gasteiger partial charge on any atom is -0.481 e. The van der Waals surface area contributed by atoms with Crippen molar-refractivity contribution in [3.63, 3.8) is 0 Å². The number of hydrogen-bond acceptors (Lipinski definition) is 3. The van der Waals surface area contributed by atoms with Gasteiger partial charge in [-0.15, -0.1) is 0 Å². The molecule has 5 heteroatoms. The Labute approximate surface area is 108 Å². The van der Waals surface area contributed by atoms with Crippen LogP contribution >= 0.6 is 0 Å². The van der Waals surface area contributed by atoms with Gasteiger partial charge in [-0.05, 0) is 47.0 Å². The minimum atomic E-state index is -0.873. The summed E-state index contributed by atoms with van der Waals surface area (Å²) >= 11 is 0. The van der Waals surface area contributed by atoms with E-state index in [-0.39, 0.29) is 18.5 Å². The molecule has 18 heavy (non-hydrogen) atoms. The van der Waals surface area contributed by atoms with Crippen LogP contribution in [0.25, 0.3) is 0 Å². The number of carbonyl (C=O) groups is 2. The Hall–Kier alpha value is -1.26. The average Bonchev–Trinajstić information content (AvgIpc) is 2.13. The number of carboxylic acids is 1. The maximum absolute atomic E-state index is 12.1. The summed E-state index contributed by atoms with van der Waals surface area (Å²) in [5, 5.41) is 8.91. The molecule has 0 radical (unpaired) electrons. The van der Waals surface area contributed by atoms with E-state index in [1.165, 1.54) is 0 Å². The van der Waals surface area contributed by atoms with Gasteiger partial charge in [0.25, 0.3) is 0 Å². The maximum atomic E-state index is 12.1. The summed E-state index contributed by atoms with van der Waals surface area (Å²) in [6, 6.07) is -0.209. The van der Waals surface area contributed by atoms with Gasteiger partial charge >= 0.3 is 12.1 Å². The first-order chi connectivity index (χ1) is 8.20. The summed E-state index contributed by atoms with van der Waals surface area (Å²) in [6.07, 6.45) is 2.17. The fourth-order valence-electron chi connectivity index (χ4n) is 2.33. The van der Waals surface area contributed by atoms with E-state index >= 15 is 0 Å². The summed E-state index contributed by atoms with van der Waals surface area (Å²) in [4.78, 5) is 24.6. The highest BCUT2D eigenvalue weighted by atomic mass is 16.6. The second-order valence-electron chi connectivity index (χ2n) is 5.92. The molecule has 1 aliphatic rings. The molecular weight excluding hydrogens is 234 g/mol. The summed E-state index contributed by atoms with van der Waals surface area (Å²) in [5.41, 5.74) is -0.554. The highest BCUT2D eigenvalue weighted by molar-refractivity contribution is 5.72. The molecule has 0 aromatic carbocycles. The van der Waals surface area contributed by atoms with E-state index in [4.69, 9.17) is 9.84 Å². The number of hydrogen-bond donors (Lipinski definition) is 1. The van der Waals surface area contributed by atoms with Crippen molar-refractivity contribution in [3.8, 4) is 0 Å². The molecular formula is C13H23NO4. The Bertz CT molecular complexity index is 321. The van der Waals surface area contributed by atoms with E-state index in [0.717, 1.165) is 19.3 Å². The van der Waals surface area contributed by atoms with E-state index in [9.17, 15) is 9.59 Å². The number of aliphatic carboxylic acids is 1. The molecule has 1 heterocycles. The fourth-order valence-corrected chi connectivity index (χ4v) is 2.33. The zero-order chi connectivity index (χ0) is 13.9. The van der Waals surface area contributed by atoms with Crippen LogP contribution in [-0.2, 0) is 9.53 Å². The van der Waals surface area contributed by atoms with Crippen LogP contribution in [0.5, 0.6) is 0 Å². The Balaban J connectivity index is 2.77. The van der Waals surface area contributed by atoms with Gasteiger partial charge in [0.15, 0.2) is 0 Å². The number of ether oxygens (including phenoxy) is 1. The van der Waals surface area contributed by atoms with Crippen molar-refractivity contribution in [3.05, 3.63) is 0 Å². The van der Waals surface area contributed by atoms with Crippen LogP contribution in [0.3, 0.4) is 0 Å². The standard InChI is InChI=1S/C13H23NO4/c1-9-6-5-7-10(8-11(15)16)14(9)12(17)18-13(2,3)4/h9-10H,5-8H2,1-4H3,(H,15,16)/t9-,10-/m1/s1. The van der Waals surface area contributed by atoms with Crippen LogP contribution in [0.15, 0.2) is 0 Å². The molecule has 0 aliphatic carbocycles. The van der Waals surface area contributed by atoms with Crippen LogP contribution in [0.1, 0.15) is 53.4 Å². The summed E-state index contributed by atoms with van der Waals surface area (Å²) in [6.45, 7) is 7.38. The van der Waals surface area contributed by atoms with Crippen molar-refractivity contribution in [1.29, 1.82) is 0 Å². The van der Waals surface area contributed by atoms with Gasteiger partial charge in [0.1, 0.15) is 5.60 Å². The Kier molecular flexibility index (Phi) is 4.59. The molecule has 1 N–H and O–H groups in total. The number of likely N-dealkylation sites (tertiary alicyclic amines) is 1. The summed E-state index contributed by atoms with van der Waals surface area (Å²) < 4.78 is 5.35. The molecule has 1 aliphatic heterocycles. The Morgan fingerprint density at radius 3 is 2.44 bits per heavy atom. The molecule has 5 nitrogen and oxygen atoms in total. The molecule has 0 bridgehead atoms. The number of nitrogens with zero attached hydrogens (tertiary/aromatic N) is 1. The molecule has 0 unspecified atom stereocenters. The predicted octanol–water partition coefficient (Wildman–Crippen LogP) is 2.64. The van der Waals surface area contributed by atoms with E-state index in [1.807, 2.05) is 27.7 Å². The van der Waals surface area contributed by atoms with Gasteiger partial charge < -0.3 is 14.7 Å². The van der Waals surface area contributed by atoms with Crippen LogP contribution < -0.4 is 0 Å². The number of amides is 1. The van der Waals surface area contributed by atoms with Crippen LogP contribution in [-0.4, -0.2) is 39.8 Å². The molecule has 0 saturated carbocycles. The average molecular weight is 257 g/mol. The Morgan fingerprint density at radius 1 is 1.33 bits per heavy atom. The van der Waals surface area contributed by atoms with E-state index in [2.05, 4.69) is 0 Å². The first-order valence-corrected chi connectivity index (χ1v) is 6.44.